The summed E-state index contributed by atoms with van der Waals surface area (Å²) in [7, 11) is 0. The predicted molar refractivity (Wildman–Crippen MR) is 70.0 cm³/mol. The van der Waals surface area contributed by atoms with Crippen molar-refractivity contribution in [2.24, 2.45) is 0 Å². The van der Waals surface area contributed by atoms with Gasteiger partial charge in [0.1, 0.15) is 6.54 Å². The van der Waals surface area contributed by atoms with E-state index in [1.165, 1.54) is 11.8 Å². The molecule has 0 aliphatic heterocycles. The third-order valence-corrected chi connectivity index (χ3v) is 2.51. The van der Waals surface area contributed by atoms with Gasteiger partial charge in [-0.25, -0.2) is 0 Å². The Morgan fingerprint density at radius 2 is 2.26 bits per heavy atom. The zero-order chi connectivity index (χ0) is 14.4. The number of nitrogens with zero attached hydrogens (tertiary/aromatic N) is 3. The fraction of sp³-hybridized carbons (Fsp3) is 0.444. The van der Waals surface area contributed by atoms with E-state index >= 15 is 0 Å². The molecule has 0 amide bonds. The number of nitro groups is 1. The SMILES string of the molecule is CCOC(=O)CNc1nc(SC)nc(N)c1[N+](=O)[O-]. The first-order valence-corrected chi connectivity index (χ1v) is 6.47. The van der Waals surface area contributed by atoms with Crippen molar-refractivity contribution in [2.75, 3.05) is 30.5 Å². The number of thioether (sulfide) groups is 1. The Morgan fingerprint density at radius 1 is 1.58 bits per heavy atom. The van der Waals surface area contributed by atoms with Crippen molar-refractivity contribution >= 4 is 35.1 Å². The average molecular weight is 287 g/mol. The lowest BCUT2D eigenvalue weighted by Crippen LogP contribution is -2.19. The number of ether oxygens (including phenoxy) is 1. The van der Waals surface area contributed by atoms with Gasteiger partial charge in [-0.1, -0.05) is 11.8 Å². The molecule has 0 saturated heterocycles. The van der Waals surface area contributed by atoms with E-state index in [1.807, 2.05) is 0 Å². The first-order chi connectivity index (χ1) is 8.99. The number of hydrogen-bond donors (Lipinski definition) is 2. The molecule has 1 heterocycles. The standard InChI is InChI=1S/C9H13N5O4S/c1-3-18-5(15)4-11-8-6(14(16)17)7(10)12-9(13-8)19-2/h3-4H2,1-2H3,(H3,10,11,12,13). The van der Waals surface area contributed by atoms with Crippen LogP contribution in [0.2, 0.25) is 0 Å². The van der Waals surface area contributed by atoms with Crippen molar-refractivity contribution in [3.8, 4) is 0 Å². The van der Waals surface area contributed by atoms with Crippen molar-refractivity contribution < 1.29 is 14.5 Å². The lowest BCUT2D eigenvalue weighted by Gasteiger charge is -2.08. The fourth-order valence-corrected chi connectivity index (χ4v) is 1.59. The molecule has 0 spiro atoms. The maximum Gasteiger partial charge on any atom is 0.353 e. The van der Waals surface area contributed by atoms with Gasteiger partial charge in [-0.15, -0.1) is 0 Å². The molecule has 9 nitrogen and oxygen atoms in total. The second-order valence-corrected chi connectivity index (χ2v) is 3.98. The number of nitrogens with one attached hydrogen (secondary N) is 1. The van der Waals surface area contributed by atoms with Gasteiger partial charge >= 0.3 is 11.7 Å². The maximum absolute atomic E-state index is 11.2. The summed E-state index contributed by atoms with van der Waals surface area (Å²) in [4.78, 5) is 29.1. The van der Waals surface area contributed by atoms with E-state index in [4.69, 9.17) is 10.5 Å². The van der Waals surface area contributed by atoms with Crippen LogP contribution in [0.15, 0.2) is 5.16 Å². The van der Waals surface area contributed by atoms with Crippen LogP contribution in [-0.4, -0.2) is 40.3 Å². The number of esters is 1. The van der Waals surface area contributed by atoms with Crippen molar-refractivity contribution in [1.82, 2.24) is 9.97 Å². The number of hydrogen-bond acceptors (Lipinski definition) is 9. The molecule has 1 aromatic heterocycles. The van der Waals surface area contributed by atoms with Gasteiger partial charge in [0.15, 0.2) is 5.16 Å². The lowest BCUT2D eigenvalue weighted by atomic mass is 10.4. The van der Waals surface area contributed by atoms with Crippen molar-refractivity contribution in [2.45, 2.75) is 12.1 Å². The minimum atomic E-state index is -0.701. The third-order valence-electron chi connectivity index (χ3n) is 1.96. The minimum Gasteiger partial charge on any atom is -0.465 e. The quantitative estimate of drug-likeness (QED) is 0.254. The molecule has 0 radical (unpaired) electrons. The average Bonchev–Trinajstić information content (AvgIpc) is 2.35. The summed E-state index contributed by atoms with van der Waals surface area (Å²) in [5, 5.41) is 13.7. The third kappa shape index (κ3) is 3.95. The molecule has 1 aromatic rings. The van der Waals surface area contributed by atoms with Crippen LogP contribution in [0, 0.1) is 10.1 Å². The Balaban J connectivity index is 2.99. The number of aromatic nitrogens is 2. The normalized spacial score (nSPS) is 10.0. The van der Waals surface area contributed by atoms with E-state index in [-0.39, 0.29) is 29.9 Å². The molecule has 0 aliphatic carbocycles. The van der Waals surface area contributed by atoms with Gasteiger partial charge < -0.3 is 15.8 Å². The van der Waals surface area contributed by atoms with E-state index < -0.39 is 16.6 Å². The van der Waals surface area contributed by atoms with Gasteiger partial charge in [-0.2, -0.15) is 9.97 Å². The highest BCUT2D eigenvalue weighted by atomic mass is 32.2. The highest BCUT2D eigenvalue weighted by Crippen LogP contribution is 2.29. The molecule has 0 aliphatic rings. The Morgan fingerprint density at radius 3 is 2.79 bits per heavy atom. The van der Waals surface area contributed by atoms with E-state index in [9.17, 15) is 14.9 Å². The van der Waals surface area contributed by atoms with Crippen LogP contribution in [0.5, 0.6) is 0 Å². The van der Waals surface area contributed by atoms with Gasteiger partial charge in [-0.3, -0.25) is 14.9 Å². The smallest absolute Gasteiger partial charge is 0.353 e. The van der Waals surface area contributed by atoms with E-state index in [1.54, 1.807) is 13.2 Å². The molecular formula is C9H13N5O4S. The Bertz CT molecular complexity index is 496. The van der Waals surface area contributed by atoms with Crippen molar-refractivity contribution in [3.63, 3.8) is 0 Å². The summed E-state index contributed by atoms with van der Waals surface area (Å²) in [5.74, 6) is -0.898. The topological polar surface area (TPSA) is 133 Å². The van der Waals surface area contributed by atoms with Gasteiger partial charge in [0.2, 0.25) is 11.6 Å². The zero-order valence-electron chi connectivity index (χ0n) is 10.4. The van der Waals surface area contributed by atoms with Crippen LogP contribution in [0.25, 0.3) is 0 Å². The lowest BCUT2D eigenvalue weighted by molar-refractivity contribution is -0.383. The van der Waals surface area contributed by atoms with Gasteiger partial charge in [0.25, 0.3) is 0 Å². The van der Waals surface area contributed by atoms with Gasteiger partial charge in [0, 0.05) is 0 Å². The zero-order valence-corrected chi connectivity index (χ0v) is 11.2. The highest BCUT2D eigenvalue weighted by molar-refractivity contribution is 7.98. The molecular weight excluding hydrogens is 274 g/mol. The van der Waals surface area contributed by atoms with Gasteiger partial charge in [0.05, 0.1) is 11.5 Å². The van der Waals surface area contributed by atoms with Crippen LogP contribution in [-0.2, 0) is 9.53 Å². The number of carbonyl (C=O) groups is 1. The molecule has 0 aromatic carbocycles. The molecule has 10 heteroatoms. The highest BCUT2D eigenvalue weighted by Gasteiger charge is 2.23. The molecule has 0 saturated carbocycles. The van der Waals surface area contributed by atoms with Crippen LogP contribution < -0.4 is 11.1 Å². The summed E-state index contributed by atoms with van der Waals surface area (Å²) in [6.07, 6.45) is 1.70. The summed E-state index contributed by atoms with van der Waals surface area (Å²) < 4.78 is 4.70. The molecule has 3 N–H and O–H groups in total. The maximum atomic E-state index is 11.2. The second kappa shape index (κ2) is 6.73. The Labute approximate surface area is 113 Å². The first-order valence-electron chi connectivity index (χ1n) is 5.25. The minimum absolute atomic E-state index is 0.102. The monoisotopic (exact) mass is 287 g/mol. The van der Waals surface area contributed by atoms with Crippen molar-refractivity contribution in [1.29, 1.82) is 0 Å². The number of nitrogens with two attached hydrogens (primary N) is 1. The van der Waals surface area contributed by atoms with E-state index in [2.05, 4.69) is 15.3 Å². The number of rotatable bonds is 6. The van der Waals surface area contributed by atoms with Crippen LogP contribution in [0.1, 0.15) is 6.92 Å². The summed E-state index contributed by atoms with van der Waals surface area (Å²) in [6.45, 7) is 1.65. The summed E-state index contributed by atoms with van der Waals surface area (Å²) in [5.41, 5.74) is 5.05. The summed E-state index contributed by atoms with van der Waals surface area (Å²) >= 11 is 1.18. The molecule has 104 valence electrons. The molecule has 0 fully saturated rings. The molecule has 1 rings (SSSR count). The molecule has 19 heavy (non-hydrogen) atoms. The number of carbonyl (C=O) groups excluding carboxylic acids is 1. The number of anilines is 2. The van der Waals surface area contributed by atoms with Crippen LogP contribution >= 0.6 is 11.8 Å². The largest absolute Gasteiger partial charge is 0.465 e. The van der Waals surface area contributed by atoms with Gasteiger partial charge in [-0.05, 0) is 13.2 Å². The second-order valence-electron chi connectivity index (χ2n) is 3.21. The fourth-order valence-electron chi connectivity index (χ4n) is 1.21. The number of nitrogen functional groups attached to an aromatic ring is 1. The van der Waals surface area contributed by atoms with E-state index in [0.717, 1.165) is 0 Å². The van der Waals surface area contributed by atoms with E-state index in [0.29, 0.717) is 0 Å². The van der Waals surface area contributed by atoms with Crippen LogP contribution in [0.3, 0.4) is 0 Å². The molecule has 0 unspecified atom stereocenters. The molecule has 0 bridgehead atoms. The predicted octanol–water partition coefficient (Wildman–Crippen LogP) is 0.664. The Kier molecular flexibility index (Phi) is 5.30. The summed E-state index contributed by atoms with van der Waals surface area (Å²) in [6, 6.07) is 0. The van der Waals surface area contributed by atoms with Crippen LogP contribution in [0.4, 0.5) is 17.3 Å². The first kappa shape index (κ1) is 15.0. The Hall–Kier alpha value is -2.10. The molecule has 0 atom stereocenters. The van der Waals surface area contributed by atoms with Crippen molar-refractivity contribution in [3.05, 3.63) is 10.1 Å².